The van der Waals surface area contributed by atoms with E-state index in [1.165, 1.54) is 30.0 Å². The van der Waals surface area contributed by atoms with Crippen molar-refractivity contribution in [2.24, 2.45) is 0 Å². The number of amides is 1. The van der Waals surface area contributed by atoms with Crippen LogP contribution in [0, 0.1) is 17.0 Å². The Labute approximate surface area is 135 Å². The number of methoxy groups -OCH3 is 1. The summed E-state index contributed by atoms with van der Waals surface area (Å²) in [5.74, 6) is 6.07. The molecule has 0 aliphatic carbocycles. The van der Waals surface area contributed by atoms with Crippen LogP contribution >= 0.6 is 11.8 Å². The van der Waals surface area contributed by atoms with E-state index in [1.807, 2.05) is 0 Å². The Balaban J connectivity index is 2.05. The van der Waals surface area contributed by atoms with Gasteiger partial charge in [0.25, 0.3) is 5.69 Å². The van der Waals surface area contributed by atoms with Crippen LogP contribution in [0.25, 0.3) is 0 Å². The lowest BCUT2D eigenvalue weighted by molar-refractivity contribution is -0.384. The van der Waals surface area contributed by atoms with Crippen molar-refractivity contribution in [1.82, 2.24) is 14.9 Å². The average Bonchev–Trinajstić information content (AvgIpc) is 2.84. The average molecular weight is 338 g/mol. The molecule has 3 N–H and O–H groups in total. The summed E-state index contributed by atoms with van der Waals surface area (Å²) in [7, 11) is 1.40. The number of carbonyl (C=O) groups is 1. The number of nitro benzene ring substituents is 1. The lowest BCUT2D eigenvalue weighted by Crippen LogP contribution is -2.17. The van der Waals surface area contributed by atoms with Crippen LogP contribution in [-0.4, -0.2) is 38.6 Å². The van der Waals surface area contributed by atoms with Gasteiger partial charge in [0.05, 0.1) is 23.9 Å². The number of aromatic nitrogens is 3. The normalized spacial score (nSPS) is 10.3. The quantitative estimate of drug-likeness (QED) is 0.343. The molecule has 1 aromatic heterocycles. The van der Waals surface area contributed by atoms with E-state index in [0.29, 0.717) is 16.7 Å². The number of benzene rings is 1. The SMILES string of the molecule is COc1ccc(NC(=O)CSc2nnc(C)n2N)c([N+](=O)[O-])c1. The fourth-order valence-corrected chi connectivity index (χ4v) is 2.36. The summed E-state index contributed by atoms with van der Waals surface area (Å²) in [5.41, 5.74) is -0.160. The maximum absolute atomic E-state index is 11.9. The number of nitrogen functional groups attached to an aromatic ring is 1. The molecule has 10 nitrogen and oxygen atoms in total. The second-order valence-corrected chi connectivity index (χ2v) is 5.32. The van der Waals surface area contributed by atoms with E-state index in [1.54, 1.807) is 6.92 Å². The van der Waals surface area contributed by atoms with Crippen molar-refractivity contribution >= 4 is 29.0 Å². The molecule has 0 saturated heterocycles. The number of carbonyl (C=O) groups excluding carboxylic acids is 1. The fourth-order valence-electron chi connectivity index (χ4n) is 1.66. The lowest BCUT2D eigenvalue weighted by atomic mass is 10.2. The van der Waals surface area contributed by atoms with Crippen molar-refractivity contribution in [2.75, 3.05) is 24.0 Å². The molecule has 0 fully saturated rings. The van der Waals surface area contributed by atoms with Crippen LogP contribution in [-0.2, 0) is 4.79 Å². The zero-order valence-corrected chi connectivity index (χ0v) is 13.2. The molecule has 0 spiro atoms. The number of hydrogen-bond acceptors (Lipinski definition) is 8. The molecule has 11 heteroatoms. The fraction of sp³-hybridized carbons (Fsp3) is 0.250. The van der Waals surface area contributed by atoms with Gasteiger partial charge in [-0.05, 0) is 19.1 Å². The number of thioether (sulfide) groups is 1. The first-order chi connectivity index (χ1) is 10.9. The van der Waals surface area contributed by atoms with Gasteiger partial charge in [-0.15, -0.1) is 10.2 Å². The van der Waals surface area contributed by atoms with E-state index < -0.39 is 10.8 Å². The number of aryl methyl sites for hydroxylation is 1. The first kappa shape index (κ1) is 16.5. The van der Waals surface area contributed by atoms with E-state index in [4.69, 9.17) is 10.6 Å². The summed E-state index contributed by atoms with van der Waals surface area (Å²) in [4.78, 5) is 22.4. The third-order valence-electron chi connectivity index (χ3n) is 2.84. The summed E-state index contributed by atoms with van der Waals surface area (Å²) in [5, 5.41) is 21.5. The van der Waals surface area contributed by atoms with E-state index in [9.17, 15) is 14.9 Å². The molecule has 1 aromatic carbocycles. The van der Waals surface area contributed by atoms with Crippen molar-refractivity contribution in [2.45, 2.75) is 12.1 Å². The first-order valence-corrected chi connectivity index (χ1v) is 7.33. The largest absolute Gasteiger partial charge is 0.496 e. The van der Waals surface area contributed by atoms with Crippen LogP contribution in [0.1, 0.15) is 5.82 Å². The van der Waals surface area contributed by atoms with Gasteiger partial charge >= 0.3 is 0 Å². The Morgan fingerprint density at radius 2 is 2.26 bits per heavy atom. The Kier molecular flexibility index (Phi) is 5.01. The summed E-state index contributed by atoms with van der Waals surface area (Å²) in [6.07, 6.45) is 0. The Hall–Kier alpha value is -2.82. The number of nitrogens with one attached hydrogen (secondary N) is 1. The predicted molar refractivity (Wildman–Crippen MR) is 83.9 cm³/mol. The molecule has 1 heterocycles. The second kappa shape index (κ2) is 6.96. The van der Waals surface area contributed by atoms with Gasteiger partial charge in [0.2, 0.25) is 11.1 Å². The second-order valence-electron chi connectivity index (χ2n) is 4.38. The Morgan fingerprint density at radius 3 is 2.83 bits per heavy atom. The molecular weight excluding hydrogens is 324 g/mol. The highest BCUT2D eigenvalue weighted by molar-refractivity contribution is 7.99. The highest BCUT2D eigenvalue weighted by Gasteiger charge is 2.18. The minimum Gasteiger partial charge on any atom is -0.496 e. The number of nitro groups is 1. The minimum absolute atomic E-state index is 0.0154. The van der Waals surface area contributed by atoms with Gasteiger partial charge in [-0.1, -0.05) is 11.8 Å². The van der Waals surface area contributed by atoms with Gasteiger partial charge in [0.15, 0.2) is 0 Å². The van der Waals surface area contributed by atoms with E-state index in [2.05, 4.69) is 15.5 Å². The van der Waals surface area contributed by atoms with Crippen molar-refractivity contribution in [3.8, 4) is 5.75 Å². The van der Waals surface area contributed by atoms with Crippen molar-refractivity contribution in [3.63, 3.8) is 0 Å². The molecule has 0 radical (unpaired) electrons. The van der Waals surface area contributed by atoms with Crippen LogP contribution in [0.3, 0.4) is 0 Å². The number of nitrogens with zero attached hydrogens (tertiary/aromatic N) is 4. The highest BCUT2D eigenvalue weighted by Crippen LogP contribution is 2.29. The number of anilines is 1. The Morgan fingerprint density at radius 1 is 1.52 bits per heavy atom. The zero-order valence-electron chi connectivity index (χ0n) is 12.3. The first-order valence-electron chi connectivity index (χ1n) is 6.34. The van der Waals surface area contributed by atoms with Gasteiger partial charge < -0.3 is 15.9 Å². The highest BCUT2D eigenvalue weighted by atomic mass is 32.2. The molecule has 0 atom stereocenters. The van der Waals surface area contributed by atoms with E-state index in [-0.39, 0.29) is 17.1 Å². The summed E-state index contributed by atoms with van der Waals surface area (Å²) in [6, 6.07) is 4.17. The minimum atomic E-state index is -0.592. The molecule has 2 rings (SSSR count). The van der Waals surface area contributed by atoms with E-state index >= 15 is 0 Å². The van der Waals surface area contributed by atoms with Crippen LogP contribution in [0.2, 0.25) is 0 Å². The molecule has 0 aliphatic rings. The smallest absolute Gasteiger partial charge is 0.296 e. The maximum Gasteiger partial charge on any atom is 0.296 e. The van der Waals surface area contributed by atoms with Gasteiger partial charge in [0, 0.05) is 0 Å². The van der Waals surface area contributed by atoms with E-state index in [0.717, 1.165) is 11.8 Å². The van der Waals surface area contributed by atoms with Crippen LogP contribution in [0.5, 0.6) is 5.75 Å². The molecule has 0 saturated carbocycles. The molecular formula is C12H14N6O4S. The van der Waals surface area contributed by atoms with Crippen LogP contribution < -0.4 is 15.9 Å². The van der Waals surface area contributed by atoms with Crippen LogP contribution in [0.4, 0.5) is 11.4 Å². The number of rotatable bonds is 6. The number of hydrogen-bond donors (Lipinski definition) is 2. The summed E-state index contributed by atoms with van der Waals surface area (Å²) < 4.78 is 6.19. The third kappa shape index (κ3) is 3.88. The van der Waals surface area contributed by atoms with Gasteiger partial charge in [0.1, 0.15) is 17.3 Å². The molecule has 2 aromatic rings. The third-order valence-corrected chi connectivity index (χ3v) is 3.79. The standard InChI is InChI=1S/C12H14N6O4S/c1-7-15-16-12(17(7)13)23-6-11(19)14-9-4-3-8(22-2)5-10(9)18(20)21/h3-5H,6,13H2,1-2H3,(H,14,19). The summed E-state index contributed by atoms with van der Waals surface area (Å²) in [6.45, 7) is 1.68. The zero-order chi connectivity index (χ0) is 17.0. The maximum atomic E-state index is 11.9. The number of nitrogens with two attached hydrogens (primary N) is 1. The van der Waals surface area contributed by atoms with Crippen molar-refractivity contribution in [3.05, 3.63) is 34.1 Å². The van der Waals surface area contributed by atoms with Gasteiger partial charge in [-0.25, -0.2) is 4.68 Å². The summed E-state index contributed by atoms with van der Waals surface area (Å²) >= 11 is 1.07. The topological polar surface area (TPSA) is 138 Å². The molecule has 0 unspecified atom stereocenters. The van der Waals surface area contributed by atoms with Crippen LogP contribution in [0.15, 0.2) is 23.4 Å². The molecule has 1 amide bonds. The number of ether oxygens (including phenoxy) is 1. The van der Waals surface area contributed by atoms with Crippen molar-refractivity contribution in [1.29, 1.82) is 0 Å². The lowest BCUT2D eigenvalue weighted by Gasteiger charge is -2.07. The van der Waals surface area contributed by atoms with Crippen molar-refractivity contribution < 1.29 is 14.5 Å². The van der Waals surface area contributed by atoms with Gasteiger partial charge in [-0.2, -0.15) is 0 Å². The Bertz CT molecular complexity index is 747. The van der Waals surface area contributed by atoms with Gasteiger partial charge in [-0.3, -0.25) is 14.9 Å². The predicted octanol–water partition coefficient (Wildman–Crippen LogP) is 0.948. The molecule has 122 valence electrons. The molecule has 23 heavy (non-hydrogen) atoms. The monoisotopic (exact) mass is 338 g/mol. The molecule has 0 bridgehead atoms. The molecule has 0 aliphatic heterocycles.